The first-order chi connectivity index (χ1) is 13.4. The molecule has 1 aliphatic rings. The van der Waals surface area contributed by atoms with Crippen LogP contribution < -0.4 is 10.6 Å². The highest BCUT2D eigenvalue weighted by molar-refractivity contribution is 6.06. The number of fused-ring (bicyclic) bond motifs is 1. The Morgan fingerprint density at radius 1 is 1.18 bits per heavy atom. The van der Waals surface area contributed by atoms with E-state index < -0.39 is 11.9 Å². The summed E-state index contributed by atoms with van der Waals surface area (Å²) in [7, 11) is 0. The van der Waals surface area contributed by atoms with Crippen molar-refractivity contribution in [2.24, 2.45) is 0 Å². The molecular formula is C20H19FN6O. The second-order valence-corrected chi connectivity index (χ2v) is 6.84. The normalized spacial score (nSPS) is 15.8. The van der Waals surface area contributed by atoms with E-state index in [1.54, 1.807) is 19.1 Å². The lowest BCUT2D eigenvalue weighted by Crippen LogP contribution is -2.31. The molecule has 8 heteroatoms. The minimum absolute atomic E-state index is 0.299. The van der Waals surface area contributed by atoms with Gasteiger partial charge in [0.1, 0.15) is 11.9 Å². The minimum atomic E-state index is -0.646. The third-order valence-corrected chi connectivity index (χ3v) is 4.75. The van der Waals surface area contributed by atoms with E-state index in [9.17, 15) is 9.18 Å². The van der Waals surface area contributed by atoms with Gasteiger partial charge in [0.2, 0.25) is 5.95 Å². The fourth-order valence-corrected chi connectivity index (χ4v) is 3.43. The molecule has 28 heavy (non-hydrogen) atoms. The fourth-order valence-electron chi connectivity index (χ4n) is 3.43. The summed E-state index contributed by atoms with van der Waals surface area (Å²) in [6.07, 6.45) is 0. The van der Waals surface area contributed by atoms with E-state index in [1.165, 1.54) is 16.8 Å². The van der Waals surface area contributed by atoms with Gasteiger partial charge in [0.05, 0.1) is 5.57 Å². The first-order valence-electron chi connectivity index (χ1n) is 8.84. The summed E-state index contributed by atoms with van der Waals surface area (Å²) in [5.41, 5.74) is 4.41. The molecule has 1 aromatic heterocycles. The largest absolute Gasteiger partial charge is 0.326 e. The number of rotatable bonds is 3. The number of allylic oxidation sites excluding steroid dienone is 1. The number of halogens is 1. The van der Waals surface area contributed by atoms with Gasteiger partial charge in [-0.2, -0.15) is 4.68 Å². The molecule has 0 spiro atoms. The summed E-state index contributed by atoms with van der Waals surface area (Å²) in [6, 6.07) is 11.3. The van der Waals surface area contributed by atoms with Crippen LogP contribution in [0, 0.1) is 19.7 Å². The van der Waals surface area contributed by atoms with Crippen LogP contribution in [0.25, 0.3) is 0 Å². The Kier molecular flexibility index (Phi) is 4.38. The molecule has 1 atom stereocenters. The zero-order valence-electron chi connectivity index (χ0n) is 15.7. The summed E-state index contributed by atoms with van der Waals surface area (Å²) in [5.74, 6) is -0.292. The Balaban J connectivity index is 1.77. The molecule has 2 heterocycles. The first kappa shape index (κ1) is 17.8. The molecule has 0 saturated carbocycles. The lowest BCUT2D eigenvalue weighted by atomic mass is 9.95. The second-order valence-electron chi connectivity index (χ2n) is 6.84. The molecule has 1 amide bonds. The van der Waals surface area contributed by atoms with E-state index in [0.29, 0.717) is 22.8 Å². The average Bonchev–Trinajstić information content (AvgIpc) is 3.10. The van der Waals surface area contributed by atoms with E-state index in [0.717, 1.165) is 16.8 Å². The third kappa shape index (κ3) is 3.13. The van der Waals surface area contributed by atoms with Crippen molar-refractivity contribution in [3.8, 4) is 0 Å². The number of hydrogen-bond donors (Lipinski definition) is 2. The Labute approximate surface area is 161 Å². The van der Waals surface area contributed by atoms with Crippen molar-refractivity contribution < 1.29 is 9.18 Å². The fraction of sp³-hybridized carbons (Fsp3) is 0.200. The molecule has 0 radical (unpaired) electrons. The van der Waals surface area contributed by atoms with E-state index >= 15 is 0 Å². The number of carbonyl (C=O) groups is 1. The van der Waals surface area contributed by atoms with Gasteiger partial charge in [-0.25, -0.2) is 4.39 Å². The number of nitrogens with one attached hydrogen (secondary N) is 2. The van der Waals surface area contributed by atoms with Crippen LogP contribution in [-0.4, -0.2) is 26.1 Å². The van der Waals surface area contributed by atoms with Gasteiger partial charge in [-0.05, 0) is 60.5 Å². The number of nitrogens with zero attached hydrogens (tertiary/aromatic N) is 4. The molecule has 7 nitrogen and oxygen atoms in total. The molecule has 0 unspecified atom stereocenters. The maximum Gasteiger partial charge on any atom is 0.255 e. The Morgan fingerprint density at radius 3 is 2.75 bits per heavy atom. The van der Waals surface area contributed by atoms with Crippen molar-refractivity contribution in [1.82, 2.24) is 20.2 Å². The van der Waals surface area contributed by atoms with Crippen LogP contribution in [-0.2, 0) is 4.79 Å². The maximum atomic E-state index is 13.9. The molecule has 3 aromatic rings. The van der Waals surface area contributed by atoms with Crippen LogP contribution in [0.3, 0.4) is 0 Å². The quantitative estimate of drug-likeness (QED) is 0.730. The maximum absolute atomic E-state index is 13.9. The average molecular weight is 378 g/mol. The van der Waals surface area contributed by atoms with Gasteiger partial charge < -0.3 is 10.6 Å². The number of aryl methyl sites for hydroxylation is 2. The van der Waals surface area contributed by atoms with Crippen LogP contribution in [0.5, 0.6) is 0 Å². The zero-order chi connectivity index (χ0) is 19.8. The number of carbonyl (C=O) groups excluding carboxylic acids is 1. The molecule has 142 valence electrons. The van der Waals surface area contributed by atoms with Crippen LogP contribution >= 0.6 is 0 Å². The minimum Gasteiger partial charge on any atom is -0.326 e. The number of aromatic nitrogens is 4. The predicted octanol–water partition coefficient (Wildman–Crippen LogP) is 3.36. The van der Waals surface area contributed by atoms with Gasteiger partial charge in [-0.3, -0.25) is 4.79 Å². The van der Waals surface area contributed by atoms with Gasteiger partial charge in [-0.1, -0.05) is 34.9 Å². The van der Waals surface area contributed by atoms with Crippen molar-refractivity contribution in [3.05, 3.63) is 76.2 Å². The van der Waals surface area contributed by atoms with Crippen LogP contribution in [0.4, 0.5) is 16.0 Å². The monoisotopic (exact) mass is 378 g/mol. The molecule has 4 rings (SSSR count). The molecule has 2 N–H and O–H groups in total. The Morgan fingerprint density at radius 2 is 2.00 bits per heavy atom. The highest BCUT2D eigenvalue weighted by atomic mass is 19.1. The third-order valence-electron chi connectivity index (χ3n) is 4.75. The van der Waals surface area contributed by atoms with Crippen LogP contribution in [0.1, 0.15) is 29.7 Å². The summed E-state index contributed by atoms with van der Waals surface area (Å²) in [6.45, 7) is 5.71. The summed E-state index contributed by atoms with van der Waals surface area (Å²) >= 11 is 0. The van der Waals surface area contributed by atoms with Gasteiger partial charge >= 0.3 is 0 Å². The van der Waals surface area contributed by atoms with E-state index in [2.05, 4.69) is 26.2 Å². The molecular weight excluding hydrogens is 359 g/mol. The summed E-state index contributed by atoms with van der Waals surface area (Å²) in [5, 5.41) is 17.6. The first-order valence-corrected chi connectivity index (χ1v) is 8.84. The zero-order valence-corrected chi connectivity index (χ0v) is 15.7. The van der Waals surface area contributed by atoms with Crippen molar-refractivity contribution in [2.45, 2.75) is 26.8 Å². The van der Waals surface area contributed by atoms with E-state index in [-0.39, 0.29) is 5.91 Å². The number of anilines is 2. The van der Waals surface area contributed by atoms with Crippen molar-refractivity contribution in [3.63, 3.8) is 0 Å². The topological polar surface area (TPSA) is 84.7 Å². The van der Waals surface area contributed by atoms with Gasteiger partial charge in [0, 0.05) is 11.4 Å². The number of benzene rings is 2. The van der Waals surface area contributed by atoms with Crippen molar-refractivity contribution in [1.29, 1.82) is 0 Å². The Hall–Kier alpha value is -3.55. The molecule has 0 fully saturated rings. The van der Waals surface area contributed by atoms with E-state index in [4.69, 9.17) is 0 Å². The van der Waals surface area contributed by atoms with Crippen LogP contribution in [0.15, 0.2) is 53.7 Å². The lowest BCUT2D eigenvalue weighted by Gasteiger charge is -2.28. The summed E-state index contributed by atoms with van der Waals surface area (Å²) < 4.78 is 15.4. The number of tetrazole rings is 1. The van der Waals surface area contributed by atoms with Crippen molar-refractivity contribution >= 4 is 17.5 Å². The molecule has 0 bridgehead atoms. The SMILES string of the molecule is CC1=C(C(=O)Nc2ccc(C)cc2C)[C@@H](c2cccc(F)c2)n2nnnc2N1. The number of amides is 1. The molecule has 2 aromatic carbocycles. The lowest BCUT2D eigenvalue weighted by molar-refractivity contribution is -0.113. The molecule has 0 aliphatic carbocycles. The smallest absolute Gasteiger partial charge is 0.255 e. The van der Waals surface area contributed by atoms with Crippen molar-refractivity contribution in [2.75, 3.05) is 10.6 Å². The molecule has 1 aliphatic heterocycles. The Bertz CT molecular complexity index is 1100. The highest BCUT2D eigenvalue weighted by Gasteiger charge is 2.34. The van der Waals surface area contributed by atoms with Gasteiger partial charge in [0.25, 0.3) is 5.91 Å². The predicted molar refractivity (Wildman–Crippen MR) is 103 cm³/mol. The van der Waals surface area contributed by atoms with E-state index in [1.807, 2.05) is 32.0 Å². The standard InChI is InChI=1S/C20H19FN6O/c1-11-7-8-16(12(2)9-11)23-19(28)17-13(3)22-20-24-25-26-27(20)18(17)14-5-4-6-15(21)10-14/h4-10,18H,1-3H3,(H,23,28)(H,22,24,26)/t18-/m1/s1. The number of hydrogen-bond acceptors (Lipinski definition) is 5. The van der Waals surface area contributed by atoms with Crippen LogP contribution in [0.2, 0.25) is 0 Å². The second kappa shape index (κ2) is 6.88. The van der Waals surface area contributed by atoms with Gasteiger partial charge in [0.15, 0.2) is 0 Å². The molecule has 0 saturated heterocycles. The summed E-state index contributed by atoms with van der Waals surface area (Å²) in [4.78, 5) is 13.2. The highest BCUT2D eigenvalue weighted by Crippen LogP contribution is 2.35. The van der Waals surface area contributed by atoms with Gasteiger partial charge in [-0.15, -0.1) is 0 Å².